The van der Waals surface area contributed by atoms with Gasteiger partial charge in [0.1, 0.15) is 11.5 Å². The standard InChI is InChI=1S/C21H24N2OS.C21H27NO5/c1-14-10-15(2)12-16(11-14)13-19(23-21-22-7-9-25-21)18-5-3-4-17-6-8-24-20(17)18;1-5-26-20(24)27-18-17(16-12-13(2)6-7-14(16)3)19(23)22-21(18)10-8-15(25-4)9-11-21/h3-5,10-12,19H,6-9,13H2,1-2H3,(H,22,23);6-7,12,15H,5,8-11H2,1-4H3,(H,22,23). The third kappa shape index (κ3) is 8.50. The predicted octanol–water partition coefficient (Wildman–Crippen LogP) is 7.86. The number of nitrogens with one attached hydrogen (secondary N) is 2. The van der Waals surface area contributed by atoms with Gasteiger partial charge < -0.3 is 29.6 Å². The third-order valence-electron chi connectivity index (χ3n) is 10.2. The molecule has 1 unspecified atom stereocenters. The number of para-hydroxylation sites is 1. The van der Waals surface area contributed by atoms with E-state index in [9.17, 15) is 9.59 Å². The highest BCUT2D eigenvalue weighted by Crippen LogP contribution is 2.44. The van der Waals surface area contributed by atoms with Crippen molar-refractivity contribution in [3.05, 3.63) is 105 Å². The molecule has 0 radical (unpaired) electrons. The number of methoxy groups -OCH3 is 1. The second-order valence-corrected chi connectivity index (χ2v) is 15.2. The first-order valence-corrected chi connectivity index (χ1v) is 19.4. The Morgan fingerprint density at radius 2 is 1.83 bits per heavy atom. The van der Waals surface area contributed by atoms with E-state index < -0.39 is 11.7 Å². The maximum Gasteiger partial charge on any atom is 0.513 e. The zero-order chi connectivity index (χ0) is 36.8. The molecule has 1 atom stereocenters. The minimum Gasteiger partial charge on any atom is -0.493 e. The van der Waals surface area contributed by atoms with E-state index in [1.165, 1.54) is 27.8 Å². The van der Waals surface area contributed by atoms with Gasteiger partial charge >= 0.3 is 6.16 Å². The Balaban J connectivity index is 0.000000179. The molecule has 0 saturated heterocycles. The van der Waals surface area contributed by atoms with Crippen LogP contribution in [0.25, 0.3) is 5.57 Å². The van der Waals surface area contributed by atoms with Gasteiger partial charge in [0.2, 0.25) is 0 Å². The van der Waals surface area contributed by atoms with Crippen molar-refractivity contribution in [1.82, 2.24) is 10.6 Å². The number of amidine groups is 1. The van der Waals surface area contributed by atoms with E-state index in [2.05, 4.69) is 65.9 Å². The zero-order valence-corrected chi connectivity index (χ0v) is 32.0. The molecule has 1 fully saturated rings. The van der Waals surface area contributed by atoms with Gasteiger partial charge in [-0.05, 0) is 89.0 Å². The number of aliphatic imine (C=N–C) groups is 1. The summed E-state index contributed by atoms with van der Waals surface area (Å²) in [6.07, 6.45) is 4.19. The Morgan fingerprint density at radius 1 is 1.06 bits per heavy atom. The second-order valence-electron chi connectivity index (χ2n) is 14.1. The summed E-state index contributed by atoms with van der Waals surface area (Å²) in [4.78, 5) is 29.7. The average Bonchev–Trinajstić information content (AvgIpc) is 3.87. The van der Waals surface area contributed by atoms with Crippen molar-refractivity contribution in [1.29, 1.82) is 0 Å². The van der Waals surface area contributed by atoms with Gasteiger partial charge in [-0.15, -0.1) is 0 Å². The van der Waals surface area contributed by atoms with Gasteiger partial charge in [0.25, 0.3) is 5.91 Å². The Labute approximate surface area is 311 Å². The maximum absolute atomic E-state index is 13.0. The van der Waals surface area contributed by atoms with Gasteiger partial charge in [0, 0.05) is 24.8 Å². The summed E-state index contributed by atoms with van der Waals surface area (Å²) >= 11 is 1.81. The van der Waals surface area contributed by atoms with Crippen LogP contribution in [0.1, 0.15) is 83.2 Å². The Morgan fingerprint density at radius 3 is 2.52 bits per heavy atom. The minimum absolute atomic E-state index is 0.154. The normalized spacial score (nSPS) is 21.1. The molecule has 2 N–H and O–H groups in total. The van der Waals surface area contributed by atoms with Crippen LogP contribution in [0.2, 0.25) is 0 Å². The molecule has 276 valence electrons. The summed E-state index contributed by atoms with van der Waals surface area (Å²) in [5.74, 6) is 2.32. The van der Waals surface area contributed by atoms with Crippen LogP contribution >= 0.6 is 11.8 Å². The molecule has 7 rings (SSSR count). The summed E-state index contributed by atoms with van der Waals surface area (Å²) in [6.45, 7) is 11.9. The highest BCUT2D eigenvalue weighted by molar-refractivity contribution is 8.14. The lowest BCUT2D eigenvalue weighted by atomic mass is 9.79. The predicted molar refractivity (Wildman–Crippen MR) is 207 cm³/mol. The lowest BCUT2D eigenvalue weighted by molar-refractivity contribution is -0.116. The number of hydrogen-bond donors (Lipinski definition) is 2. The van der Waals surface area contributed by atoms with Crippen LogP contribution in [0.15, 0.2) is 65.3 Å². The molecule has 3 heterocycles. The molecule has 3 aromatic rings. The van der Waals surface area contributed by atoms with Crippen molar-refractivity contribution < 1.29 is 28.5 Å². The largest absolute Gasteiger partial charge is 0.513 e. The number of thioether (sulfide) groups is 1. The number of ether oxygens (including phenoxy) is 4. The Hall–Kier alpha value is -4.28. The summed E-state index contributed by atoms with van der Waals surface area (Å²) in [6, 6.07) is 19.4. The molecule has 10 heteroatoms. The monoisotopic (exact) mass is 725 g/mol. The van der Waals surface area contributed by atoms with Crippen molar-refractivity contribution in [2.75, 3.05) is 32.6 Å². The van der Waals surface area contributed by atoms with E-state index in [4.69, 9.17) is 18.9 Å². The lowest BCUT2D eigenvalue weighted by Gasteiger charge is -2.37. The number of fused-ring (bicyclic) bond motifs is 1. The minimum atomic E-state index is -0.778. The van der Waals surface area contributed by atoms with Gasteiger partial charge in [-0.25, -0.2) is 4.79 Å². The van der Waals surface area contributed by atoms with E-state index in [-0.39, 0.29) is 24.7 Å². The summed E-state index contributed by atoms with van der Waals surface area (Å²) < 4.78 is 22.1. The van der Waals surface area contributed by atoms with Crippen LogP contribution in [0.4, 0.5) is 4.79 Å². The molecular formula is C42H51N3O6S. The first-order chi connectivity index (χ1) is 25.1. The third-order valence-corrected chi connectivity index (χ3v) is 11.1. The number of carbonyl (C=O) groups is 2. The number of nitrogens with zero attached hydrogens (tertiary/aromatic N) is 1. The molecule has 9 nitrogen and oxygen atoms in total. The van der Waals surface area contributed by atoms with Crippen molar-refractivity contribution in [3.8, 4) is 5.75 Å². The molecule has 0 bridgehead atoms. The summed E-state index contributed by atoms with van der Waals surface area (Å²) in [5.41, 5.74) is 9.09. The molecule has 3 aliphatic heterocycles. The van der Waals surface area contributed by atoms with Crippen LogP contribution in [-0.4, -0.2) is 61.5 Å². The highest BCUT2D eigenvalue weighted by atomic mass is 32.2. The first-order valence-electron chi connectivity index (χ1n) is 18.4. The van der Waals surface area contributed by atoms with Gasteiger partial charge in [0.15, 0.2) is 5.17 Å². The van der Waals surface area contributed by atoms with Gasteiger partial charge in [-0.3, -0.25) is 9.79 Å². The first kappa shape index (κ1) is 37.5. The van der Waals surface area contributed by atoms with E-state index in [0.29, 0.717) is 24.2 Å². The van der Waals surface area contributed by atoms with Crippen LogP contribution in [-0.2, 0) is 31.8 Å². The maximum atomic E-state index is 13.0. The zero-order valence-electron chi connectivity index (χ0n) is 31.2. The van der Waals surface area contributed by atoms with Gasteiger partial charge in [0.05, 0.1) is 43.0 Å². The van der Waals surface area contributed by atoms with E-state index in [1.807, 2.05) is 43.8 Å². The summed E-state index contributed by atoms with van der Waals surface area (Å²) in [7, 11) is 1.70. The Bertz CT molecular complexity index is 1840. The molecule has 4 aliphatic rings. The number of amides is 1. The SMILES string of the molecule is CCOC(=O)OC1=C(c2cc(C)ccc2C)C(=O)NC12CCC(OC)CC2.Cc1cc(C)cc(CC(NC2=NCCS2)c2cccc3c2OCC3)c1. The van der Waals surface area contributed by atoms with Crippen molar-refractivity contribution in [2.24, 2.45) is 4.99 Å². The smallest absolute Gasteiger partial charge is 0.493 e. The topological polar surface area (TPSA) is 107 Å². The number of hydrogen-bond acceptors (Lipinski definition) is 9. The molecule has 1 aliphatic carbocycles. The van der Waals surface area contributed by atoms with Gasteiger partial charge in [-0.2, -0.15) is 0 Å². The van der Waals surface area contributed by atoms with Crippen molar-refractivity contribution in [2.45, 2.75) is 90.8 Å². The fraction of sp³-hybridized carbons (Fsp3) is 0.452. The fourth-order valence-corrected chi connectivity index (χ4v) is 8.51. The van der Waals surface area contributed by atoms with Crippen molar-refractivity contribution in [3.63, 3.8) is 0 Å². The molecule has 0 aromatic heterocycles. The van der Waals surface area contributed by atoms with Crippen LogP contribution in [0.3, 0.4) is 0 Å². The molecule has 52 heavy (non-hydrogen) atoms. The number of aryl methyl sites for hydroxylation is 4. The lowest BCUT2D eigenvalue weighted by Crippen LogP contribution is -2.49. The van der Waals surface area contributed by atoms with E-state index >= 15 is 0 Å². The van der Waals surface area contributed by atoms with Crippen molar-refractivity contribution >= 4 is 34.6 Å². The molecule has 1 saturated carbocycles. The molecule has 1 spiro atoms. The Kier molecular flexibility index (Phi) is 12.0. The molecule has 3 aromatic carbocycles. The van der Waals surface area contributed by atoms with Crippen LogP contribution in [0.5, 0.6) is 5.75 Å². The van der Waals surface area contributed by atoms with Gasteiger partial charge in [-0.1, -0.05) is 83.0 Å². The number of carbonyl (C=O) groups excluding carboxylic acids is 2. The number of rotatable bonds is 8. The second kappa shape index (κ2) is 16.6. The fourth-order valence-electron chi connectivity index (χ4n) is 7.73. The van der Waals surface area contributed by atoms with E-state index in [0.717, 1.165) is 72.2 Å². The van der Waals surface area contributed by atoms with Crippen LogP contribution < -0.4 is 15.4 Å². The number of benzene rings is 3. The average molecular weight is 726 g/mol. The van der Waals surface area contributed by atoms with E-state index in [1.54, 1.807) is 14.0 Å². The molecule has 1 amide bonds. The highest BCUT2D eigenvalue weighted by Gasteiger charge is 2.50. The van der Waals surface area contributed by atoms with Crippen LogP contribution in [0, 0.1) is 27.7 Å². The molecular weight excluding hydrogens is 675 g/mol. The quantitative estimate of drug-likeness (QED) is 0.226. The summed E-state index contributed by atoms with van der Waals surface area (Å²) in [5, 5.41) is 7.85.